The van der Waals surface area contributed by atoms with Crippen LogP contribution in [0.25, 0.3) is 52.0 Å². The number of benzene rings is 8. The largest absolute Gasteiger partial charge is 0.337 e. The molecule has 2 aliphatic heterocycles. The van der Waals surface area contributed by atoms with Gasteiger partial charge >= 0.3 is 0 Å². The van der Waals surface area contributed by atoms with E-state index in [1.54, 1.807) is 6.08 Å². The van der Waals surface area contributed by atoms with E-state index in [0.717, 1.165) is 60.4 Å². The van der Waals surface area contributed by atoms with Gasteiger partial charge in [0.2, 0.25) is 0 Å². The Bertz CT molecular complexity index is 4810. The molecule has 16 rings (SSSR count). The van der Waals surface area contributed by atoms with Crippen LogP contribution in [-0.2, 0) is 5.41 Å². The van der Waals surface area contributed by atoms with Gasteiger partial charge in [-0.1, -0.05) is 233 Å². The van der Waals surface area contributed by atoms with Crippen molar-refractivity contribution in [3.8, 4) is 16.8 Å². The molecule has 0 saturated carbocycles. The van der Waals surface area contributed by atoms with Gasteiger partial charge in [0.25, 0.3) is 0 Å². The van der Waals surface area contributed by atoms with Gasteiger partial charge in [-0.2, -0.15) is 0 Å². The summed E-state index contributed by atoms with van der Waals surface area (Å²) >= 11 is 0. The zero-order chi connectivity index (χ0) is 61.0. The molecule has 0 bridgehead atoms. The Balaban J connectivity index is 0.767. The van der Waals surface area contributed by atoms with Crippen molar-refractivity contribution in [3.05, 3.63) is 353 Å². The molecule has 5 unspecified atom stereocenters. The summed E-state index contributed by atoms with van der Waals surface area (Å²) in [6, 6.07) is 68.9. The van der Waals surface area contributed by atoms with Crippen LogP contribution in [0.1, 0.15) is 103 Å². The molecule has 0 saturated heterocycles. The van der Waals surface area contributed by atoms with E-state index in [4.69, 9.17) is 0 Å². The van der Waals surface area contributed by atoms with E-state index >= 15 is 0 Å². The van der Waals surface area contributed by atoms with Gasteiger partial charge in [-0.15, -0.1) is 0 Å². The SMILES string of the molecule is C=C/C=C\C=C\c1ccc(N(c2ccc(C3C=CC=CC3)cc2)c2ccc3c(c2)C(C)(C)c2cc(N4/C=C/CC(C5=CC6c7ccccc7N(C7=CC=CCC7)C6C=C5)/C=C/c5cc(C6C=c7c(n(-c8ccccc8)c8ccccc78)=CC6)ccc54)ccc2-3)cc1. The summed E-state index contributed by atoms with van der Waals surface area (Å²) in [7, 11) is 0. The maximum atomic E-state index is 3.83. The molecule has 0 radical (unpaired) electrons. The Morgan fingerprint density at radius 1 is 0.571 bits per heavy atom. The Morgan fingerprint density at radius 3 is 2.16 bits per heavy atom. The van der Waals surface area contributed by atoms with Gasteiger partial charge in [-0.25, -0.2) is 0 Å². The molecule has 91 heavy (non-hydrogen) atoms. The van der Waals surface area contributed by atoms with E-state index < -0.39 is 0 Å². The predicted octanol–water partition coefficient (Wildman–Crippen LogP) is 20.9. The molecule has 3 heterocycles. The minimum atomic E-state index is -0.298. The molecule has 442 valence electrons. The fourth-order valence-corrected chi connectivity index (χ4v) is 15.5. The van der Waals surface area contributed by atoms with Crippen molar-refractivity contribution in [1.82, 2.24) is 4.57 Å². The van der Waals surface area contributed by atoms with Crippen LogP contribution in [0.2, 0.25) is 0 Å². The number of hydrogen-bond acceptors (Lipinski definition) is 3. The molecular formula is C87H74N4. The van der Waals surface area contributed by atoms with E-state index in [1.165, 1.54) is 94.3 Å². The number of nitrogens with zero attached hydrogens (tertiary/aromatic N) is 4. The van der Waals surface area contributed by atoms with Crippen molar-refractivity contribution in [2.45, 2.75) is 75.2 Å². The van der Waals surface area contributed by atoms with Crippen LogP contribution in [0, 0.1) is 5.92 Å². The molecule has 5 aliphatic carbocycles. The lowest BCUT2D eigenvalue weighted by Gasteiger charge is -2.33. The first-order valence-electron chi connectivity index (χ1n) is 32.7. The lowest BCUT2D eigenvalue weighted by atomic mass is 9.82. The van der Waals surface area contributed by atoms with Gasteiger partial charge in [-0.3, -0.25) is 0 Å². The van der Waals surface area contributed by atoms with Crippen LogP contribution < -0.4 is 25.3 Å². The number of aromatic nitrogens is 1. The number of allylic oxidation sites excluding steroid dienone is 16. The summed E-state index contributed by atoms with van der Waals surface area (Å²) in [5.41, 5.74) is 23.6. The van der Waals surface area contributed by atoms with Crippen LogP contribution >= 0.6 is 0 Å². The number of para-hydroxylation sites is 3. The molecule has 1 aromatic heterocycles. The third-order valence-electron chi connectivity index (χ3n) is 20.1. The Hall–Kier alpha value is -10.4. The molecule has 5 atom stereocenters. The second-order valence-electron chi connectivity index (χ2n) is 25.8. The van der Waals surface area contributed by atoms with Crippen LogP contribution in [-0.4, -0.2) is 10.6 Å². The molecule has 4 heteroatoms. The van der Waals surface area contributed by atoms with E-state index in [-0.39, 0.29) is 29.2 Å². The molecule has 4 nitrogen and oxygen atoms in total. The molecule has 0 spiro atoms. The third kappa shape index (κ3) is 10.1. The first-order chi connectivity index (χ1) is 44.8. The van der Waals surface area contributed by atoms with Crippen LogP contribution in [0.3, 0.4) is 0 Å². The van der Waals surface area contributed by atoms with Gasteiger partial charge in [0.1, 0.15) is 0 Å². The van der Waals surface area contributed by atoms with Crippen molar-refractivity contribution in [3.63, 3.8) is 0 Å². The quantitative estimate of drug-likeness (QED) is 0.113. The highest BCUT2D eigenvalue weighted by Gasteiger charge is 2.40. The maximum absolute atomic E-state index is 3.83. The summed E-state index contributed by atoms with van der Waals surface area (Å²) in [4.78, 5) is 7.51. The number of anilines is 6. The molecule has 0 amide bonds. The lowest BCUT2D eigenvalue weighted by molar-refractivity contribution is 0.660. The molecule has 0 N–H and O–H groups in total. The molecule has 7 aliphatic rings. The van der Waals surface area contributed by atoms with Gasteiger partial charge in [0, 0.05) is 91.1 Å². The first-order valence-corrected chi connectivity index (χ1v) is 32.7. The highest BCUT2D eigenvalue weighted by atomic mass is 15.2. The molecule has 8 aromatic carbocycles. The number of rotatable bonds is 12. The maximum Gasteiger partial charge on any atom is 0.0626 e. The first kappa shape index (κ1) is 55.9. The average molecular weight is 1180 g/mol. The van der Waals surface area contributed by atoms with Crippen molar-refractivity contribution >= 4 is 69.3 Å². The Morgan fingerprint density at radius 2 is 1.34 bits per heavy atom. The van der Waals surface area contributed by atoms with Crippen molar-refractivity contribution in [2.75, 3.05) is 14.7 Å². The predicted molar refractivity (Wildman–Crippen MR) is 386 cm³/mol. The summed E-state index contributed by atoms with van der Waals surface area (Å²) in [5, 5.41) is 3.88. The summed E-state index contributed by atoms with van der Waals surface area (Å²) < 4.78 is 2.44. The topological polar surface area (TPSA) is 14.7 Å². The summed E-state index contributed by atoms with van der Waals surface area (Å²) in [5.74, 6) is 1.04. The van der Waals surface area contributed by atoms with E-state index in [9.17, 15) is 0 Å². The smallest absolute Gasteiger partial charge is 0.0626 e. The third-order valence-corrected chi connectivity index (χ3v) is 20.1. The summed E-state index contributed by atoms with van der Waals surface area (Å²) in [6.07, 6.45) is 53.0. The van der Waals surface area contributed by atoms with Gasteiger partial charge in [-0.05, 0) is 179 Å². The second-order valence-corrected chi connectivity index (χ2v) is 25.8. The van der Waals surface area contributed by atoms with Crippen LogP contribution in [0.15, 0.2) is 303 Å². The molecule has 0 fully saturated rings. The normalized spacial score (nSPS) is 21.3. The minimum absolute atomic E-state index is 0.176. The van der Waals surface area contributed by atoms with Gasteiger partial charge in [0.05, 0.1) is 17.2 Å². The average Bonchev–Trinajstić information content (AvgIpc) is 1.64. The molecular weight excluding hydrogens is 1100 g/mol. The highest BCUT2D eigenvalue weighted by molar-refractivity contribution is 5.89. The van der Waals surface area contributed by atoms with Crippen molar-refractivity contribution in [1.29, 1.82) is 0 Å². The van der Waals surface area contributed by atoms with Gasteiger partial charge < -0.3 is 19.3 Å². The van der Waals surface area contributed by atoms with Crippen molar-refractivity contribution in [2.24, 2.45) is 5.92 Å². The van der Waals surface area contributed by atoms with Crippen molar-refractivity contribution < 1.29 is 0 Å². The molecule has 9 aromatic rings. The summed E-state index contributed by atoms with van der Waals surface area (Å²) in [6.45, 7) is 8.66. The lowest BCUT2D eigenvalue weighted by Crippen LogP contribution is -2.33. The van der Waals surface area contributed by atoms with Crippen LogP contribution in [0.5, 0.6) is 0 Å². The van der Waals surface area contributed by atoms with E-state index in [2.05, 4.69) is 331 Å². The minimum Gasteiger partial charge on any atom is -0.337 e. The number of hydrogen-bond donors (Lipinski definition) is 0. The Labute approximate surface area is 536 Å². The van der Waals surface area contributed by atoms with Crippen LogP contribution in [0.4, 0.5) is 34.1 Å². The van der Waals surface area contributed by atoms with E-state index in [1.807, 2.05) is 12.2 Å². The van der Waals surface area contributed by atoms with Gasteiger partial charge in [0.15, 0.2) is 0 Å². The second kappa shape index (κ2) is 23.5. The monoisotopic (exact) mass is 1170 g/mol. The zero-order valence-corrected chi connectivity index (χ0v) is 51.9. The fourth-order valence-electron chi connectivity index (χ4n) is 15.5. The zero-order valence-electron chi connectivity index (χ0n) is 51.9. The standard InChI is InChI=1S/C87H74N4/c1-4-5-6-10-22-60-34-43-70(44-35-60)89(71-45-38-63(39-46-71)61-23-11-7-12-24-61)73-48-50-75-74-49-47-72(58-80(74)87(2,3)81(75)59-73)88-54-21-25-62(65-41-52-85-78(56-65)76-30-17-19-32-83(76)90(85)68-26-13-8-14-27-68)36-37-67-55-64(40-51-82(67)88)66-42-53-86-79(57-66)77-31-18-20-33-84(77)91(86)69-28-15-9-16-29-69/h4-13,15-23,26,28-41,43-59,61-62,66,78,85H,1,14,24-25,27,42H2,2-3H3/b6-5-,22-10+,37-36+,54-21+. The van der Waals surface area contributed by atoms with E-state index in [0.29, 0.717) is 5.92 Å². The highest BCUT2D eigenvalue weighted by Crippen LogP contribution is 2.53. The number of fused-ring (bicyclic) bond motifs is 10. The fraction of sp³-hybridized carbons (Fsp3) is 0.149. The Kier molecular flexibility index (Phi) is 14.4.